The first-order valence-corrected chi connectivity index (χ1v) is 9.82. The van der Waals surface area contributed by atoms with Crippen LogP contribution in [0.4, 0.5) is 4.79 Å². The molecule has 1 saturated heterocycles. The molecule has 2 bridgehead atoms. The van der Waals surface area contributed by atoms with Gasteiger partial charge in [0.25, 0.3) is 5.91 Å². The van der Waals surface area contributed by atoms with Crippen molar-refractivity contribution >= 4 is 17.9 Å². The van der Waals surface area contributed by atoms with E-state index in [0.29, 0.717) is 29.1 Å². The van der Waals surface area contributed by atoms with Gasteiger partial charge >= 0.3 is 12.0 Å². The summed E-state index contributed by atoms with van der Waals surface area (Å²) in [6.07, 6.45) is 5.51. The molecule has 3 aliphatic carbocycles. The zero-order valence-corrected chi connectivity index (χ0v) is 16.5. The van der Waals surface area contributed by atoms with E-state index in [2.05, 4.69) is 30.6 Å². The van der Waals surface area contributed by atoms with Crippen molar-refractivity contribution in [3.05, 3.63) is 47.0 Å². The first-order chi connectivity index (χ1) is 13.2. The number of carbonyl (C=O) groups is 3. The molecule has 1 unspecified atom stereocenters. The Labute approximate surface area is 164 Å². The Hall–Kier alpha value is -2.63. The molecule has 28 heavy (non-hydrogen) atoms. The second kappa shape index (κ2) is 6.47. The molecular weight excluding hydrogens is 356 g/mol. The molecule has 1 heterocycles. The normalized spacial score (nSPS) is 30.0. The average molecular weight is 382 g/mol. The minimum absolute atomic E-state index is 0.375. The van der Waals surface area contributed by atoms with Crippen LogP contribution in [0.5, 0.6) is 0 Å². The van der Waals surface area contributed by atoms with Crippen LogP contribution in [0.1, 0.15) is 56.0 Å². The van der Waals surface area contributed by atoms with Crippen molar-refractivity contribution in [2.45, 2.75) is 45.6 Å². The van der Waals surface area contributed by atoms with E-state index >= 15 is 0 Å². The lowest BCUT2D eigenvalue weighted by Crippen LogP contribution is -2.48. The minimum atomic E-state index is -1.12. The number of fused-ring (bicyclic) bond motifs is 1. The molecule has 0 radical (unpaired) electrons. The van der Waals surface area contributed by atoms with E-state index in [9.17, 15) is 14.4 Å². The van der Waals surface area contributed by atoms with E-state index in [1.807, 2.05) is 0 Å². The molecule has 5 rings (SSSR count). The summed E-state index contributed by atoms with van der Waals surface area (Å²) in [5, 5.41) is 4.84. The van der Waals surface area contributed by atoms with Crippen molar-refractivity contribution in [3.63, 3.8) is 0 Å². The van der Waals surface area contributed by atoms with Gasteiger partial charge in [-0.25, -0.2) is 9.59 Å². The summed E-state index contributed by atoms with van der Waals surface area (Å²) in [6.45, 7) is 6.67. The summed E-state index contributed by atoms with van der Waals surface area (Å²) in [5.74, 6) is 0.641. The number of imide groups is 1. The number of carbonyl (C=O) groups excluding carboxylic acids is 3. The van der Waals surface area contributed by atoms with Crippen LogP contribution in [-0.2, 0) is 15.1 Å². The topological polar surface area (TPSA) is 84.5 Å². The van der Waals surface area contributed by atoms with Crippen molar-refractivity contribution in [2.24, 2.45) is 17.3 Å². The number of hydrogen-bond donors (Lipinski definition) is 2. The third kappa shape index (κ3) is 2.91. The van der Waals surface area contributed by atoms with Gasteiger partial charge in [0.1, 0.15) is 5.54 Å². The smallest absolute Gasteiger partial charge is 0.338 e. The summed E-state index contributed by atoms with van der Waals surface area (Å²) in [4.78, 5) is 35.8. The lowest BCUT2D eigenvalue weighted by atomic mass is 9.48. The van der Waals surface area contributed by atoms with Crippen LogP contribution in [0.3, 0.4) is 0 Å². The highest BCUT2D eigenvalue weighted by Gasteiger charge is 2.50. The Morgan fingerprint density at radius 1 is 1.18 bits per heavy atom. The highest BCUT2D eigenvalue weighted by atomic mass is 16.5. The van der Waals surface area contributed by atoms with Gasteiger partial charge in [0, 0.05) is 6.42 Å². The Bertz CT molecular complexity index is 871. The molecule has 0 aromatic heterocycles. The Balaban J connectivity index is 1.34. The zero-order valence-electron chi connectivity index (χ0n) is 16.5. The van der Waals surface area contributed by atoms with Gasteiger partial charge in [0.2, 0.25) is 0 Å². The molecule has 2 N–H and O–H groups in total. The average Bonchev–Trinajstić information content (AvgIpc) is 2.94. The quantitative estimate of drug-likeness (QED) is 0.465. The van der Waals surface area contributed by atoms with Gasteiger partial charge in [-0.15, -0.1) is 0 Å². The zero-order chi connectivity index (χ0) is 20.1. The van der Waals surface area contributed by atoms with Gasteiger partial charge in [-0.3, -0.25) is 10.1 Å². The minimum Gasteiger partial charge on any atom is -0.462 e. The van der Waals surface area contributed by atoms with Crippen LogP contribution >= 0.6 is 0 Å². The molecule has 1 saturated carbocycles. The molecule has 0 spiro atoms. The lowest BCUT2D eigenvalue weighted by Gasteiger charge is -2.56. The second-order valence-electron chi connectivity index (χ2n) is 8.82. The number of ether oxygens (including phenoxy) is 1. The number of nitrogens with one attached hydrogen (secondary N) is 2. The third-order valence-electron chi connectivity index (χ3n) is 6.95. The molecule has 6 heteroatoms. The SMILES string of the molecule is CC1(c2ccc(C(=O)OCCC3=CC[C@H]4C[C@@H]3C4(C)C)cc2)NC(=O)NC1=O. The standard InChI is InChI=1S/C22H26N2O4/c1-21(2)16-9-4-13(17(21)12-16)10-11-28-18(25)14-5-7-15(8-6-14)22(3)19(26)23-20(27)24-22/h4-8,16-17H,9-12H2,1-3H3,(H2,23,24,26,27)/t16-,17-,22?/m0/s1. The van der Waals surface area contributed by atoms with E-state index in [4.69, 9.17) is 4.74 Å². The van der Waals surface area contributed by atoms with Crippen LogP contribution in [-0.4, -0.2) is 24.5 Å². The van der Waals surface area contributed by atoms with Gasteiger partial charge in [0.15, 0.2) is 0 Å². The van der Waals surface area contributed by atoms with E-state index in [1.54, 1.807) is 31.2 Å². The maximum Gasteiger partial charge on any atom is 0.338 e. The van der Waals surface area contributed by atoms with Crippen LogP contribution in [0.15, 0.2) is 35.9 Å². The van der Waals surface area contributed by atoms with Crippen LogP contribution in [0.25, 0.3) is 0 Å². The number of urea groups is 1. The van der Waals surface area contributed by atoms with Crippen molar-refractivity contribution < 1.29 is 19.1 Å². The van der Waals surface area contributed by atoms with E-state index in [-0.39, 0.29) is 5.97 Å². The highest BCUT2D eigenvalue weighted by Crippen LogP contribution is 2.59. The lowest BCUT2D eigenvalue weighted by molar-refractivity contribution is -0.123. The van der Waals surface area contributed by atoms with Crippen LogP contribution in [0, 0.1) is 17.3 Å². The highest BCUT2D eigenvalue weighted by molar-refractivity contribution is 6.07. The molecule has 1 aromatic carbocycles. The second-order valence-corrected chi connectivity index (χ2v) is 8.82. The molecular formula is C22H26N2O4. The fraction of sp³-hybridized carbons (Fsp3) is 0.500. The van der Waals surface area contributed by atoms with Gasteiger partial charge in [-0.2, -0.15) is 0 Å². The van der Waals surface area contributed by atoms with E-state index in [0.717, 1.165) is 18.8 Å². The molecule has 3 atom stereocenters. The summed E-state index contributed by atoms with van der Waals surface area (Å²) in [5.41, 5.74) is 1.72. The third-order valence-corrected chi connectivity index (χ3v) is 6.95. The number of esters is 1. The summed E-state index contributed by atoms with van der Waals surface area (Å²) >= 11 is 0. The molecule has 2 fully saturated rings. The molecule has 6 nitrogen and oxygen atoms in total. The molecule has 1 aromatic rings. The largest absolute Gasteiger partial charge is 0.462 e. The predicted octanol–water partition coefficient (Wildman–Crippen LogP) is 3.28. The van der Waals surface area contributed by atoms with Gasteiger partial charge in [0.05, 0.1) is 12.2 Å². The molecule has 1 aliphatic heterocycles. The maximum absolute atomic E-state index is 12.3. The van der Waals surface area contributed by atoms with Crippen molar-refractivity contribution in [1.29, 1.82) is 0 Å². The number of benzene rings is 1. The number of allylic oxidation sites excluding steroid dienone is 1. The molecule has 148 valence electrons. The monoisotopic (exact) mass is 382 g/mol. The van der Waals surface area contributed by atoms with Crippen LogP contribution < -0.4 is 10.6 Å². The van der Waals surface area contributed by atoms with Crippen molar-refractivity contribution in [2.75, 3.05) is 6.61 Å². The number of amides is 3. The van der Waals surface area contributed by atoms with Crippen molar-refractivity contribution in [1.82, 2.24) is 10.6 Å². The fourth-order valence-corrected chi connectivity index (χ4v) is 4.79. The fourth-order valence-electron chi connectivity index (χ4n) is 4.79. The van der Waals surface area contributed by atoms with E-state index in [1.165, 1.54) is 12.0 Å². The Kier molecular flexibility index (Phi) is 4.32. The summed E-state index contributed by atoms with van der Waals surface area (Å²) in [7, 11) is 0. The number of rotatable bonds is 5. The van der Waals surface area contributed by atoms with Gasteiger partial charge < -0.3 is 10.1 Å². The summed E-state index contributed by atoms with van der Waals surface area (Å²) in [6, 6.07) is 6.07. The van der Waals surface area contributed by atoms with E-state index < -0.39 is 17.5 Å². The maximum atomic E-state index is 12.3. The number of hydrogen-bond acceptors (Lipinski definition) is 4. The molecule has 3 amide bonds. The van der Waals surface area contributed by atoms with Gasteiger partial charge in [-0.1, -0.05) is 37.6 Å². The summed E-state index contributed by atoms with van der Waals surface area (Å²) < 4.78 is 5.46. The molecule has 4 aliphatic rings. The first-order valence-electron chi connectivity index (χ1n) is 9.82. The van der Waals surface area contributed by atoms with Gasteiger partial charge in [-0.05, 0) is 54.7 Å². The van der Waals surface area contributed by atoms with Crippen LogP contribution in [0.2, 0.25) is 0 Å². The van der Waals surface area contributed by atoms with Crippen molar-refractivity contribution in [3.8, 4) is 0 Å². The predicted molar refractivity (Wildman–Crippen MR) is 103 cm³/mol. The first kappa shape index (κ1) is 18.7. The Morgan fingerprint density at radius 3 is 2.46 bits per heavy atom. The Morgan fingerprint density at radius 2 is 1.89 bits per heavy atom.